The van der Waals surface area contributed by atoms with Gasteiger partial charge >= 0.3 is 0 Å². The number of aromatic nitrogens is 1. The highest BCUT2D eigenvalue weighted by Crippen LogP contribution is 2.25. The van der Waals surface area contributed by atoms with Crippen LogP contribution >= 0.6 is 11.3 Å². The van der Waals surface area contributed by atoms with Crippen molar-refractivity contribution in [1.82, 2.24) is 4.98 Å². The number of ether oxygens (including phenoxy) is 2. The number of aryl methyl sites for hydroxylation is 1. The summed E-state index contributed by atoms with van der Waals surface area (Å²) in [5, 5.41) is 0. The van der Waals surface area contributed by atoms with E-state index in [1.165, 1.54) is 4.88 Å². The number of benzene rings is 1. The van der Waals surface area contributed by atoms with Crippen LogP contribution < -0.4 is 15.2 Å². The SMILES string of the molecule is CCCOc1cc(N)cc(OCCc2scnc2C)c1. The Labute approximate surface area is 123 Å². The van der Waals surface area contributed by atoms with E-state index in [2.05, 4.69) is 11.9 Å². The highest BCUT2D eigenvalue weighted by Gasteiger charge is 2.04. The number of nitrogens with zero attached hydrogens (tertiary/aromatic N) is 1. The summed E-state index contributed by atoms with van der Waals surface area (Å²) < 4.78 is 11.3. The molecule has 0 fully saturated rings. The molecule has 2 N–H and O–H groups in total. The van der Waals surface area contributed by atoms with E-state index in [9.17, 15) is 0 Å². The van der Waals surface area contributed by atoms with Crippen LogP contribution in [0.2, 0.25) is 0 Å². The number of anilines is 1. The minimum Gasteiger partial charge on any atom is -0.493 e. The fourth-order valence-electron chi connectivity index (χ4n) is 1.81. The number of nitrogens with two attached hydrogens (primary N) is 1. The molecule has 0 aliphatic heterocycles. The second-order valence-corrected chi connectivity index (χ2v) is 5.48. The summed E-state index contributed by atoms with van der Waals surface area (Å²) in [4.78, 5) is 5.49. The monoisotopic (exact) mass is 292 g/mol. The van der Waals surface area contributed by atoms with Gasteiger partial charge in [0.1, 0.15) is 11.5 Å². The fraction of sp³-hybridized carbons (Fsp3) is 0.400. The third kappa shape index (κ3) is 4.13. The predicted molar refractivity (Wildman–Crippen MR) is 82.7 cm³/mol. The van der Waals surface area contributed by atoms with Gasteiger partial charge in [0.25, 0.3) is 0 Å². The molecule has 0 saturated carbocycles. The summed E-state index contributed by atoms with van der Waals surface area (Å²) in [5.41, 5.74) is 9.45. The van der Waals surface area contributed by atoms with E-state index in [1.807, 2.05) is 30.6 Å². The molecule has 0 spiro atoms. The summed E-state index contributed by atoms with van der Waals surface area (Å²) in [6.45, 7) is 5.38. The molecule has 0 radical (unpaired) electrons. The summed E-state index contributed by atoms with van der Waals surface area (Å²) in [6, 6.07) is 5.51. The first-order valence-corrected chi connectivity index (χ1v) is 7.62. The van der Waals surface area contributed by atoms with Crippen LogP contribution in [-0.2, 0) is 6.42 Å². The van der Waals surface area contributed by atoms with Gasteiger partial charge in [0.05, 0.1) is 24.4 Å². The van der Waals surface area contributed by atoms with E-state index in [0.717, 1.165) is 30.0 Å². The summed E-state index contributed by atoms with van der Waals surface area (Å²) in [6.07, 6.45) is 1.83. The zero-order chi connectivity index (χ0) is 14.4. The maximum Gasteiger partial charge on any atom is 0.125 e. The molecule has 2 aromatic rings. The topological polar surface area (TPSA) is 57.4 Å². The van der Waals surface area contributed by atoms with Crippen molar-refractivity contribution in [2.45, 2.75) is 26.7 Å². The fourth-order valence-corrected chi connectivity index (χ4v) is 2.57. The molecule has 4 nitrogen and oxygen atoms in total. The van der Waals surface area contributed by atoms with Crippen LogP contribution in [0.1, 0.15) is 23.9 Å². The van der Waals surface area contributed by atoms with Gasteiger partial charge in [-0.25, -0.2) is 4.98 Å². The molecule has 0 saturated heterocycles. The third-order valence-electron chi connectivity index (χ3n) is 2.82. The zero-order valence-electron chi connectivity index (χ0n) is 11.9. The quantitative estimate of drug-likeness (QED) is 0.794. The molecular formula is C15H20N2O2S. The van der Waals surface area contributed by atoms with Crippen LogP contribution in [0.15, 0.2) is 23.7 Å². The second kappa shape index (κ2) is 7.14. The van der Waals surface area contributed by atoms with Crippen LogP contribution in [0.4, 0.5) is 5.69 Å². The molecule has 108 valence electrons. The average molecular weight is 292 g/mol. The lowest BCUT2D eigenvalue weighted by molar-refractivity contribution is 0.304. The maximum absolute atomic E-state index is 5.85. The van der Waals surface area contributed by atoms with Crippen molar-refractivity contribution in [3.8, 4) is 11.5 Å². The molecule has 20 heavy (non-hydrogen) atoms. The molecule has 1 heterocycles. The first-order valence-electron chi connectivity index (χ1n) is 6.74. The molecule has 0 unspecified atom stereocenters. The Morgan fingerprint density at radius 2 is 1.85 bits per heavy atom. The molecule has 0 aliphatic rings. The molecule has 0 atom stereocenters. The van der Waals surface area contributed by atoms with Crippen molar-refractivity contribution in [1.29, 1.82) is 0 Å². The van der Waals surface area contributed by atoms with Gasteiger partial charge in [0, 0.05) is 35.2 Å². The van der Waals surface area contributed by atoms with Crippen LogP contribution in [0, 0.1) is 6.92 Å². The van der Waals surface area contributed by atoms with E-state index < -0.39 is 0 Å². The van der Waals surface area contributed by atoms with Crippen LogP contribution in [0.5, 0.6) is 11.5 Å². The molecule has 2 rings (SSSR count). The number of nitrogen functional groups attached to an aromatic ring is 1. The largest absolute Gasteiger partial charge is 0.493 e. The van der Waals surface area contributed by atoms with Crippen LogP contribution in [-0.4, -0.2) is 18.2 Å². The molecule has 1 aromatic carbocycles. The Kier molecular flexibility index (Phi) is 5.24. The van der Waals surface area contributed by atoms with Crippen LogP contribution in [0.3, 0.4) is 0 Å². The first kappa shape index (κ1) is 14.7. The van der Waals surface area contributed by atoms with Crippen molar-refractivity contribution in [3.63, 3.8) is 0 Å². The maximum atomic E-state index is 5.85. The van der Waals surface area contributed by atoms with Crippen molar-refractivity contribution in [2.75, 3.05) is 18.9 Å². The van der Waals surface area contributed by atoms with Gasteiger partial charge in [-0.3, -0.25) is 0 Å². The minimum atomic E-state index is 0.611. The van der Waals surface area contributed by atoms with Crippen LogP contribution in [0.25, 0.3) is 0 Å². The summed E-state index contributed by atoms with van der Waals surface area (Å²) in [5.74, 6) is 1.51. The summed E-state index contributed by atoms with van der Waals surface area (Å²) >= 11 is 1.66. The van der Waals surface area contributed by atoms with Gasteiger partial charge in [-0.05, 0) is 13.3 Å². The Hall–Kier alpha value is -1.75. The number of rotatable bonds is 7. The van der Waals surface area contributed by atoms with Crippen molar-refractivity contribution < 1.29 is 9.47 Å². The predicted octanol–water partition coefficient (Wildman–Crippen LogP) is 3.44. The third-order valence-corrected chi connectivity index (χ3v) is 3.81. The molecule has 0 bridgehead atoms. The van der Waals surface area contributed by atoms with Gasteiger partial charge in [-0.15, -0.1) is 11.3 Å². The van der Waals surface area contributed by atoms with Gasteiger partial charge in [-0.2, -0.15) is 0 Å². The number of thiazole rings is 1. The van der Waals surface area contributed by atoms with E-state index in [1.54, 1.807) is 11.3 Å². The van der Waals surface area contributed by atoms with Crippen molar-refractivity contribution in [3.05, 3.63) is 34.3 Å². The minimum absolute atomic E-state index is 0.611. The Balaban J connectivity index is 1.91. The lowest BCUT2D eigenvalue weighted by atomic mass is 10.3. The van der Waals surface area contributed by atoms with Gasteiger partial charge in [0.15, 0.2) is 0 Å². The normalized spacial score (nSPS) is 10.5. The lowest BCUT2D eigenvalue weighted by Gasteiger charge is -2.10. The van der Waals surface area contributed by atoms with E-state index in [4.69, 9.17) is 15.2 Å². The smallest absolute Gasteiger partial charge is 0.125 e. The Morgan fingerprint density at radius 3 is 2.45 bits per heavy atom. The van der Waals surface area contributed by atoms with Crippen molar-refractivity contribution in [2.24, 2.45) is 0 Å². The van der Waals surface area contributed by atoms with Gasteiger partial charge < -0.3 is 15.2 Å². The zero-order valence-corrected chi connectivity index (χ0v) is 12.7. The Bertz CT molecular complexity index is 555. The van der Waals surface area contributed by atoms with Gasteiger partial charge in [-0.1, -0.05) is 6.92 Å². The molecule has 0 amide bonds. The lowest BCUT2D eigenvalue weighted by Crippen LogP contribution is -2.03. The van der Waals surface area contributed by atoms with E-state index in [-0.39, 0.29) is 0 Å². The van der Waals surface area contributed by atoms with E-state index in [0.29, 0.717) is 18.9 Å². The molecule has 5 heteroatoms. The highest BCUT2D eigenvalue weighted by molar-refractivity contribution is 7.09. The summed E-state index contributed by atoms with van der Waals surface area (Å²) in [7, 11) is 0. The second-order valence-electron chi connectivity index (χ2n) is 4.55. The Morgan fingerprint density at radius 1 is 1.15 bits per heavy atom. The highest BCUT2D eigenvalue weighted by atomic mass is 32.1. The number of hydrogen-bond donors (Lipinski definition) is 1. The van der Waals surface area contributed by atoms with Gasteiger partial charge in [0.2, 0.25) is 0 Å². The average Bonchev–Trinajstić information content (AvgIpc) is 2.82. The number of hydrogen-bond acceptors (Lipinski definition) is 5. The van der Waals surface area contributed by atoms with Crippen molar-refractivity contribution >= 4 is 17.0 Å². The van der Waals surface area contributed by atoms with E-state index >= 15 is 0 Å². The molecule has 0 aliphatic carbocycles. The molecule has 1 aromatic heterocycles. The standard InChI is InChI=1S/C15H20N2O2S/c1-3-5-18-13-7-12(16)8-14(9-13)19-6-4-15-11(2)17-10-20-15/h7-10H,3-6,16H2,1-2H3. The molecular weight excluding hydrogens is 272 g/mol. The first-order chi connectivity index (χ1) is 9.69.